The van der Waals surface area contributed by atoms with Crippen molar-refractivity contribution in [3.05, 3.63) is 93.0 Å². The second kappa shape index (κ2) is 9.27. The van der Waals surface area contributed by atoms with Gasteiger partial charge in [0.2, 0.25) is 5.91 Å². The highest BCUT2D eigenvalue weighted by atomic mass is 35.5. The number of carbonyl (C=O) groups excluding carboxylic acids is 2. The van der Waals surface area contributed by atoms with Crippen LogP contribution in [0, 0.1) is 6.92 Å². The molecule has 0 saturated carbocycles. The number of fused-ring (bicyclic) bond motifs is 1. The third-order valence-electron chi connectivity index (χ3n) is 5.55. The van der Waals surface area contributed by atoms with Crippen LogP contribution in [-0.4, -0.2) is 33.2 Å². The van der Waals surface area contributed by atoms with Crippen molar-refractivity contribution in [2.24, 2.45) is 0 Å². The molecule has 8 heteroatoms. The van der Waals surface area contributed by atoms with Gasteiger partial charge in [0.25, 0.3) is 5.91 Å². The van der Waals surface area contributed by atoms with Gasteiger partial charge in [-0.05, 0) is 54.3 Å². The zero-order valence-electron chi connectivity index (χ0n) is 17.7. The summed E-state index contributed by atoms with van der Waals surface area (Å²) in [7, 11) is 0. The SMILES string of the molecule is Cc1cnc(CNC(=O)C2c3cc(Cl)ccc3C(=O)N2CC(C)c2ccc(Cl)cc2)cn1. The Hall–Kier alpha value is -2.96. The highest BCUT2D eigenvalue weighted by Gasteiger charge is 2.41. The molecule has 2 unspecified atom stereocenters. The Bertz CT molecular complexity index is 1150. The van der Waals surface area contributed by atoms with Gasteiger partial charge in [0.1, 0.15) is 6.04 Å². The number of hydrogen-bond acceptors (Lipinski definition) is 4. The maximum absolute atomic E-state index is 13.3. The molecule has 4 rings (SSSR count). The summed E-state index contributed by atoms with van der Waals surface area (Å²) in [5, 5.41) is 4.02. The first-order valence-corrected chi connectivity index (χ1v) is 11.0. The van der Waals surface area contributed by atoms with Crippen molar-refractivity contribution < 1.29 is 9.59 Å². The number of amides is 2. The Balaban J connectivity index is 1.58. The zero-order chi connectivity index (χ0) is 22.8. The van der Waals surface area contributed by atoms with E-state index in [2.05, 4.69) is 15.3 Å². The maximum Gasteiger partial charge on any atom is 0.255 e. The molecule has 2 amide bonds. The minimum atomic E-state index is -0.774. The molecular weight excluding hydrogens is 447 g/mol. The Labute approximate surface area is 196 Å². The highest BCUT2D eigenvalue weighted by molar-refractivity contribution is 6.31. The molecule has 1 N–H and O–H groups in total. The second-order valence-electron chi connectivity index (χ2n) is 7.91. The molecule has 3 aromatic rings. The number of nitrogens with zero attached hydrogens (tertiary/aromatic N) is 3. The van der Waals surface area contributed by atoms with Gasteiger partial charge in [-0.3, -0.25) is 19.6 Å². The van der Waals surface area contributed by atoms with Gasteiger partial charge in [-0.25, -0.2) is 0 Å². The number of hydrogen-bond donors (Lipinski definition) is 1. The van der Waals surface area contributed by atoms with Gasteiger partial charge in [-0.15, -0.1) is 0 Å². The Kier molecular flexibility index (Phi) is 6.44. The van der Waals surface area contributed by atoms with Crippen LogP contribution in [0.5, 0.6) is 0 Å². The molecule has 32 heavy (non-hydrogen) atoms. The van der Waals surface area contributed by atoms with Crippen molar-refractivity contribution >= 4 is 35.0 Å². The summed E-state index contributed by atoms with van der Waals surface area (Å²) in [4.78, 5) is 36.6. The summed E-state index contributed by atoms with van der Waals surface area (Å²) in [6.45, 7) is 4.45. The lowest BCUT2D eigenvalue weighted by Gasteiger charge is -2.27. The highest BCUT2D eigenvalue weighted by Crippen LogP contribution is 2.37. The lowest BCUT2D eigenvalue weighted by atomic mass is 9.99. The summed E-state index contributed by atoms with van der Waals surface area (Å²) in [6, 6.07) is 11.8. The van der Waals surface area contributed by atoms with Gasteiger partial charge in [0, 0.05) is 28.4 Å². The standard InChI is InChI=1S/C24H22Cl2N4O2/c1-14(16-3-5-17(25)6-4-16)13-30-22(21-9-18(26)7-8-20(21)24(30)32)23(31)29-12-19-11-27-15(2)10-28-19/h3-11,14,22H,12-13H2,1-2H3,(H,29,31). The maximum atomic E-state index is 13.3. The van der Waals surface area contributed by atoms with Crippen LogP contribution >= 0.6 is 23.2 Å². The van der Waals surface area contributed by atoms with Crippen molar-refractivity contribution in [2.75, 3.05) is 6.54 Å². The first-order valence-electron chi connectivity index (χ1n) is 10.2. The molecule has 1 aromatic heterocycles. The summed E-state index contributed by atoms with van der Waals surface area (Å²) in [5.41, 5.74) is 3.57. The van der Waals surface area contributed by atoms with E-state index in [0.717, 1.165) is 11.3 Å². The van der Waals surface area contributed by atoms with Crippen LogP contribution < -0.4 is 5.32 Å². The molecule has 0 bridgehead atoms. The number of carbonyl (C=O) groups is 2. The molecule has 0 saturated heterocycles. The summed E-state index contributed by atoms with van der Waals surface area (Å²) in [6.07, 6.45) is 3.27. The summed E-state index contributed by atoms with van der Waals surface area (Å²) in [5.74, 6) is -0.475. The van der Waals surface area contributed by atoms with Crippen LogP contribution in [0.25, 0.3) is 0 Å². The van der Waals surface area contributed by atoms with E-state index in [1.54, 1.807) is 35.5 Å². The number of nitrogens with one attached hydrogen (secondary N) is 1. The normalized spacial score (nSPS) is 16.1. The van der Waals surface area contributed by atoms with Crippen LogP contribution in [0.1, 0.15) is 51.8 Å². The number of aromatic nitrogens is 2. The number of rotatable bonds is 6. The molecule has 164 valence electrons. The zero-order valence-corrected chi connectivity index (χ0v) is 19.2. The molecule has 2 atom stereocenters. The average Bonchev–Trinajstić information content (AvgIpc) is 3.04. The third-order valence-corrected chi connectivity index (χ3v) is 6.03. The van der Waals surface area contributed by atoms with Gasteiger partial charge < -0.3 is 10.2 Å². The lowest BCUT2D eigenvalue weighted by molar-refractivity contribution is -0.125. The minimum absolute atomic E-state index is 0.000680. The van der Waals surface area contributed by atoms with Crippen LogP contribution in [0.4, 0.5) is 0 Å². The molecule has 1 aliphatic rings. The lowest BCUT2D eigenvalue weighted by Crippen LogP contribution is -2.40. The molecule has 2 aromatic carbocycles. The predicted octanol–water partition coefficient (Wildman–Crippen LogP) is 4.71. The van der Waals surface area contributed by atoms with Gasteiger partial charge in [-0.2, -0.15) is 0 Å². The van der Waals surface area contributed by atoms with Crippen molar-refractivity contribution in [2.45, 2.75) is 32.4 Å². The van der Waals surface area contributed by atoms with Crippen LogP contribution in [0.15, 0.2) is 54.9 Å². The topological polar surface area (TPSA) is 75.2 Å². The van der Waals surface area contributed by atoms with Crippen molar-refractivity contribution in [3.8, 4) is 0 Å². The molecule has 0 radical (unpaired) electrons. The van der Waals surface area contributed by atoms with E-state index in [1.807, 2.05) is 38.1 Å². The van der Waals surface area contributed by atoms with E-state index in [-0.39, 0.29) is 24.3 Å². The molecule has 0 spiro atoms. The quantitative estimate of drug-likeness (QED) is 0.568. The second-order valence-corrected chi connectivity index (χ2v) is 8.78. The molecule has 6 nitrogen and oxygen atoms in total. The summed E-state index contributed by atoms with van der Waals surface area (Å²) < 4.78 is 0. The third kappa shape index (κ3) is 4.61. The largest absolute Gasteiger partial charge is 0.348 e. The van der Waals surface area contributed by atoms with Gasteiger partial charge in [0.15, 0.2) is 0 Å². The van der Waals surface area contributed by atoms with E-state index >= 15 is 0 Å². The first-order chi connectivity index (χ1) is 15.3. The average molecular weight is 469 g/mol. The molecular formula is C24H22Cl2N4O2. The number of aryl methyl sites for hydroxylation is 1. The van der Waals surface area contributed by atoms with Crippen LogP contribution in [-0.2, 0) is 11.3 Å². The fourth-order valence-corrected chi connectivity index (χ4v) is 4.15. The van der Waals surface area contributed by atoms with Crippen molar-refractivity contribution in [1.82, 2.24) is 20.2 Å². The van der Waals surface area contributed by atoms with E-state index in [0.29, 0.717) is 33.4 Å². The fraction of sp³-hybridized carbons (Fsp3) is 0.250. The smallest absolute Gasteiger partial charge is 0.255 e. The van der Waals surface area contributed by atoms with Gasteiger partial charge in [0.05, 0.1) is 24.1 Å². The fourth-order valence-electron chi connectivity index (χ4n) is 3.84. The first kappa shape index (κ1) is 22.2. The van der Waals surface area contributed by atoms with E-state index in [9.17, 15) is 9.59 Å². The molecule has 2 heterocycles. The van der Waals surface area contributed by atoms with Crippen LogP contribution in [0.3, 0.4) is 0 Å². The van der Waals surface area contributed by atoms with Gasteiger partial charge in [-0.1, -0.05) is 42.3 Å². The Morgan fingerprint density at radius 3 is 2.50 bits per heavy atom. The van der Waals surface area contributed by atoms with E-state index in [4.69, 9.17) is 23.2 Å². The minimum Gasteiger partial charge on any atom is -0.348 e. The van der Waals surface area contributed by atoms with Crippen molar-refractivity contribution in [3.63, 3.8) is 0 Å². The Morgan fingerprint density at radius 1 is 1.09 bits per heavy atom. The Morgan fingerprint density at radius 2 is 1.81 bits per heavy atom. The molecule has 0 fully saturated rings. The van der Waals surface area contributed by atoms with E-state index in [1.165, 1.54) is 0 Å². The van der Waals surface area contributed by atoms with E-state index < -0.39 is 6.04 Å². The molecule has 1 aliphatic heterocycles. The number of benzene rings is 2. The predicted molar refractivity (Wildman–Crippen MR) is 124 cm³/mol. The van der Waals surface area contributed by atoms with Gasteiger partial charge >= 0.3 is 0 Å². The summed E-state index contributed by atoms with van der Waals surface area (Å²) >= 11 is 12.2. The van der Waals surface area contributed by atoms with Crippen LogP contribution in [0.2, 0.25) is 10.0 Å². The van der Waals surface area contributed by atoms with Crippen molar-refractivity contribution in [1.29, 1.82) is 0 Å². The molecule has 0 aliphatic carbocycles. The monoisotopic (exact) mass is 468 g/mol. The number of halogens is 2.